The summed E-state index contributed by atoms with van der Waals surface area (Å²) in [5.74, 6) is 0.530. The first-order valence-electron chi connectivity index (χ1n) is 11.3. The fourth-order valence-corrected chi connectivity index (χ4v) is 4.63. The van der Waals surface area contributed by atoms with E-state index in [1.54, 1.807) is 0 Å². The molecule has 1 atom stereocenters. The van der Waals surface area contributed by atoms with Crippen LogP contribution < -0.4 is 10.5 Å². The van der Waals surface area contributed by atoms with Crippen LogP contribution >= 0.6 is 0 Å². The van der Waals surface area contributed by atoms with E-state index in [1.165, 1.54) is 0 Å². The number of aromatic nitrogens is 1. The molecule has 0 radical (unpaired) electrons. The lowest BCUT2D eigenvalue weighted by Gasteiger charge is -2.32. The summed E-state index contributed by atoms with van der Waals surface area (Å²) in [7, 11) is 0. The van der Waals surface area contributed by atoms with E-state index < -0.39 is 0 Å². The van der Waals surface area contributed by atoms with Crippen LogP contribution in [0, 0.1) is 5.92 Å². The van der Waals surface area contributed by atoms with Crippen molar-refractivity contribution in [3.8, 4) is 5.75 Å². The minimum Gasteiger partial charge on any atom is -0.491 e. The summed E-state index contributed by atoms with van der Waals surface area (Å²) in [6, 6.07) is 15.6. The van der Waals surface area contributed by atoms with Crippen molar-refractivity contribution in [1.82, 2.24) is 9.47 Å². The highest BCUT2D eigenvalue weighted by molar-refractivity contribution is 5.98. The van der Waals surface area contributed by atoms with Crippen LogP contribution in [-0.4, -0.2) is 40.4 Å². The quantitative estimate of drug-likeness (QED) is 0.545. The highest BCUT2D eigenvalue weighted by atomic mass is 16.5. The smallest absolute Gasteiger partial charge is 0.237 e. The first-order valence-corrected chi connectivity index (χ1v) is 11.3. The van der Waals surface area contributed by atoms with Crippen LogP contribution in [0.1, 0.15) is 42.6 Å². The van der Waals surface area contributed by atoms with Crippen molar-refractivity contribution in [2.45, 2.75) is 45.9 Å². The molecule has 1 aromatic heterocycles. The molecule has 2 heterocycles. The molecular formula is C26H31N3O3. The Morgan fingerprint density at radius 3 is 2.75 bits per heavy atom. The first-order chi connectivity index (χ1) is 15.4. The van der Waals surface area contributed by atoms with Crippen LogP contribution in [0.5, 0.6) is 5.75 Å². The molecule has 0 saturated carbocycles. The predicted octanol–water partition coefficient (Wildman–Crippen LogP) is 4.01. The minimum atomic E-state index is -0.357. The molecular weight excluding hydrogens is 402 g/mol. The van der Waals surface area contributed by atoms with E-state index >= 15 is 0 Å². The monoisotopic (exact) mass is 433 g/mol. The molecule has 1 amide bonds. The van der Waals surface area contributed by atoms with Crippen LogP contribution in [0.15, 0.2) is 54.7 Å². The predicted molar refractivity (Wildman–Crippen MR) is 126 cm³/mol. The molecule has 0 unspecified atom stereocenters. The Balaban J connectivity index is 1.49. The molecule has 32 heavy (non-hydrogen) atoms. The van der Waals surface area contributed by atoms with Crippen LogP contribution in [0.2, 0.25) is 0 Å². The van der Waals surface area contributed by atoms with Gasteiger partial charge >= 0.3 is 0 Å². The molecule has 2 aromatic carbocycles. The van der Waals surface area contributed by atoms with Gasteiger partial charge in [0, 0.05) is 41.7 Å². The summed E-state index contributed by atoms with van der Waals surface area (Å²) in [5, 5.41) is 1.13. The number of ether oxygens (including phenoxy) is 1. The van der Waals surface area contributed by atoms with Gasteiger partial charge in [-0.1, -0.05) is 30.3 Å². The highest BCUT2D eigenvalue weighted by Crippen LogP contribution is 2.27. The van der Waals surface area contributed by atoms with Crippen molar-refractivity contribution in [1.29, 1.82) is 0 Å². The van der Waals surface area contributed by atoms with Gasteiger partial charge in [0.05, 0.1) is 6.10 Å². The summed E-state index contributed by atoms with van der Waals surface area (Å²) in [6.45, 7) is 6.55. The second-order valence-electron chi connectivity index (χ2n) is 8.90. The number of rotatable bonds is 8. The van der Waals surface area contributed by atoms with E-state index in [1.807, 2.05) is 67.1 Å². The third kappa shape index (κ3) is 5.02. The van der Waals surface area contributed by atoms with Gasteiger partial charge < -0.3 is 15.0 Å². The Labute approximate surface area is 188 Å². The number of benzene rings is 2. The standard InChI is InChI=1S/C26H31N3O3/c1-18(2)32-22-9-5-7-19(13-22)26(31)20-8-6-12-28(14-20)15-21-16-29(17-25(27)30)24-11-4-3-10-23(21)24/h3-5,7,9-11,13,16,18,20H,6,8,12,14-15,17H2,1-2H3,(H2,27,30)/t20-/m0/s1. The topological polar surface area (TPSA) is 77.6 Å². The number of likely N-dealkylation sites (tertiary alicyclic amines) is 1. The number of nitrogens with two attached hydrogens (primary N) is 1. The van der Waals surface area contributed by atoms with E-state index in [0.29, 0.717) is 5.56 Å². The lowest BCUT2D eigenvalue weighted by molar-refractivity contribution is -0.118. The second-order valence-corrected chi connectivity index (χ2v) is 8.90. The number of amides is 1. The second kappa shape index (κ2) is 9.57. The van der Waals surface area contributed by atoms with Crippen LogP contribution in [0.25, 0.3) is 10.9 Å². The molecule has 1 fully saturated rings. The number of piperidine rings is 1. The summed E-state index contributed by atoms with van der Waals surface area (Å²) in [4.78, 5) is 27.1. The highest BCUT2D eigenvalue weighted by Gasteiger charge is 2.27. The van der Waals surface area contributed by atoms with Gasteiger partial charge in [0.25, 0.3) is 0 Å². The zero-order valence-electron chi connectivity index (χ0n) is 18.8. The van der Waals surface area contributed by atoms with E-state index in [9.17, 15) is 9.59 Å². The summed E-state index contributed by atoms with van der Waals surface area (Å²) in [6.07, 6.45) is 3.97. The summed E-state index contributed by atoms with van der Waals surface area (Å²) >= 11 is 0. The number of fused-ring (bicyclic) bond motifs is 1. The maximum Gasteiger partial charge on any atom is 0.237 e. The molecule has 0 aliphatic carbocycles. The lowest BCUT2D eigenvalue weighted by Crippen LogP contribution is -2.38. The molecule has 168 valence electrons. The molecule has 3 aromatic rings. The number of Topliss-reactive ketones (excluding diaryl/α,β-unsaturated/α-hetero) is 1. The van der Waals surface area contributed by atoms with Gasteiger partial charge in [-0.25, -0.2) is 0 Å². The van der Waals surface area contributed by atoms with Crippen molar-refractivity contribution in [2.24, 2.45) is 11.7 Å². The van der Waals surface area contributed by atoms with Crippen LogP contribution in [0.3, 0.4) is 0 Å². The van der Waals surface area contributed by atoms with Crippen LogP contribution in [0.4, 0.5) is 0 Å². The fourth-order valence-electron chi connectivity index (χ4n) is 4.63. The van der Waals surface area contributed by atoms with E-state index in [-0.39, 0.29) is 30.3 Å². The third-order valence-corrected chi connectivity index (χ3v) is 5.96. The molecule has 2 N–H and O–H groups in total. The maximum atomic E-state index is 13.2. The van der Waals surface area contributed by atoms with Crippen molar-refractivity contribution >= 4 is 22.6 Å². The Morgan fingerprint density at radius 1 is 1.16 bits per heavy atom. The van der Waals surface area contributed by atoms with Crippen molar-refractivity contribution in [3.63, 3.8) is 0 Å². The molecule has 1 aliphatic rings. The summed E-state index contributed by atoms with van der Waals surface area (Å²) < 4.78 is 7.68. The third-order valence-electron chi connectivity index (χ3n) is 5.96. The number of hydrogen-bond acceptors (Lipinski definition) is 4. The number of carbonyl (C=O) groups is 2. The Morgan fingerprint density at radius 2 is 1.97 bits per heavy atom. The van der Waals surface area contributed by atoms with Gasteiger partial charge in [0.1, 0.15) is 12.3 Å². The molecule has 6 heteroatoms. The lowest BCUT2D eigenvalue weighted by atomic mass is 9.89. The first kappa shape index (κ1) is 22.1. The van der Waals surface area contributed by atoms with Crippen molar-refractivity contribution in [3.05, 3.63) is 65.9 Å². The van der Waals surface area contributed by atoms with Gasteiger partial charge in [0.2, 0.25) is 5.91 Å². The Hall–Kier alpha value is -3.12. The Bertz CT molecular complexity index is 1120. The largest absolute Gasteiger partial charge is 0.491 e. The molecule has 1 aliphatic heterocycles. The van der Waals surface area contributed by atoms with E-state index in [4.69, 9.17) is 10.5 Å². The van der Waals surface area contributed by atoms with E-state index in [2.05, 4.69) is 11.0 Å². The number of hydrogen-bond donors (Lipinski definition) is 1. The number of carbonyl (C=O) groups excluding carboxylic acids is 2. The average molecular weight is 434 g/mol. The normalized spacial score (nSPS) is 17.0. The summed E-state index contributed by atoms with van der Waals surface area (Å²) in [5.41, 5.74) is 8.31. The average Bonchev–Trinajstić information content (AvgIpc) is 3.10. The molecule has 4 rings (SSSR count). The molecule has 0 spiro atoms. The fraction of sp³-hybridized carbons (Fsp3) is 0.385. The SMILES string of the molecule is CC(C)Oc1cccc(C(=O)[C@H]2CCCN(Cc3cn(CC(N)=O)c4ccccc34)C2)c1. The Kier molecular flexibility index (Phi) is 6.61. The van der Waals surface area contributed by atoms with Crippen LogP contribution in [-0.2, 0) is 17.9 Å². The van der Waals surface area contributed by atoms with Gasteiger partial charge in [-0.15, -0.1) is 0 Å². The van der Waals surface area contributed by atoms with Gasteiger partial charge in [0.15, 0.2) is 5.78 Å². The molecule has 6 nitrogen and oxygen atoms in total. The number of nitrogens with zero attached hydrogens (tertiary/aromatic N) is 2. The zero-order chi connectivity index (χ0) is 22.7. The number of ketones is 1. The minimum absolute atomic E-state index is 0.0305. The van der Waals surface area contributed by atoms with Gasteiger partial charge in [-0.2, -0.15) is 0 Å². The number of para-hydroxylation sites is 1. The van der Waals surface area contributed by atoms with Crippen molar-refractivity contribution in [2.75, 3.05) is 13.1 Å². The molecule has 0 bridgehead atoms. The maximum absolute atomic E-state index is 13.2. The van der Waals surface area contributed by atoms with Gasteiger partial charge in [-0.3, -0.25) is 14.5 Å². The van der Waals surface area contributed by atoms with Gasteiger partial charge in [-0.05, 0) is 57.0 Å². The molecule has 1 saturated heterocycles. The van der Waals surface area contributed by atoms with Crippen molar-refractivity contribution < 1.29 is 14.3 Å². The number of primary amides is 1. The van der Waals surface area contributed by atoms with E-state index in [0.717, 1.165) is 54.7 Å². The zero-order valence-corrected chi connectivity index (χ0v) is 18.8.